The molecule has 1 heterocycles. The van der Waals surface area contributed by atoms with Gasteiger partial charge in [0.1, 0.15) is 0 Å². The van der Waals surface area contributed by atoms with E-state index in [0.29, 0.717) is 6.54 Å². The van der Waals surface area contributed by atoms with E-state index in [1.54, 1.807) is 11.8 Å². The maximum absolute atomic E-state index is 10.6. The van der Waals surface area contributed by atoms with Gasteiger partial charge in [-0.3, -0.25) is 4.79 Å². The second-order valence-corrected chi connectivity index (χ2v) is 5.83. The lowest BCUT2D eigenvalue weighted by Crippen LogP contribution is -2.31. The first-order chi connectivity index (χ1) is 8.20. The summed E-state index contributed by atoms with van der Waals surface area (Å²) in [7, 11) is 0. The van der Waals surface area contributed by atoms with Crippen LogP contribution in [-0.2, 0) is 4.79 Å². The van der Waals surface area contributed by atoms with Gasteiger partial charge in [-0.25, -0.2) is 0 Å². The number of nitrogens with zero attached hydrogens (tertiary/aromatic N) is 1. The third-order valence-electron chi connectivity index (χ3n) is 2.72. The minimum absolute atomic E-state index is 0.203. The maximum Gasteiger partial charge on any atom is 0.305 e. The number of rotatable bonds is 4. The fourth-order valence-corrected chi connectivity index (χ4v) is 3.45. The average Bonchev–Trinajstić information content (AvgIpc) is 2.35. The highest BCUT2D eigenvalue weighted by atomic mass is 32.2. The van der Waals surface area contributed by atoms with Gasteiger partial charge in [-0.05, 0) is 24.5 Å². The lowest BCUT2D eigenvalue weighted by molar-refractivity contribution is -0.136. The molecule has 5 heteroatoms. The van der Waals surface area contributed by atoms with Crippen LogP contribution in [0.5, 0.6) is 0 Å². The number of carboxylic acid groups (broad SMARTS) is 1. The number of benzene rings is 1. The van der Waals surface area contributed by atoms with Crippen molar-refractivity contribution in [1.82, 2.24) is 0 Å². The van der Waals surface area contributed by atoms with Gasteiger partial charge in [-0.15, -0.1) is 23.5 Å². The van der Waals surface area contributed by atoms with E-state index in [-0.39, 0.29) is 6.42 Å². The minimum Gasteiger partial charge on any atom is -0.481 e. The van der Waals surface area contributed by atoms with Crippen LogP contribution < -0.4 is 4.90 Å². The van der Waals surface area contributed by atoms with Crippen molar-refractivity contribution in [1.29, 1.82) is 0 Å². The Labute approximate surface area is 110 Å². The molecule has 1 N–H and O–H groups in total. The summed E-state index contributed by atoms with van der Waals surface area (Å²) in [5, 5.41) is 8.74. The molecule has 0 amide bonds. The molecular formula is C12H15NO2S2. The topological polar surface area (TPSA) is 40.5 Å². The quantitative estimate of drug-likeness (QED) is 0.851. The van der Waals surface area contributed by atoms with Crippen LogP contribution in [0.1, 0.15) is 6.42 Å². The molecule has 92 valence electrons. The molecular weight excluding hydrogens is 254 g/mol. The van der Waals surface area contributed by atoms with Crippen LogP contribution in [0.25, 0.3) is 0 Å². The highest BCUT2D eigenvalue weighted by Gasteiger charge is 2.18. The van der Waals surface area contributed by atoms with Crippen LogP contribution in [0.2, 0.25) is 0 Å². The molecule has 0 bridgehead atoms. The molecule has 0 unspecified atom stereocenters. The summed E-state index contributed by atoms with van der Waals surface area (Å²) in [6.07, 6.45) is 2.27. The Kier molecular flexibility index (Phi) is 4.23. The number of fused-ring (bicyclic) bond motifs is 1. The number of aliphatic carboxylic acids is 1. The second kappa shape index (κ2) is 5.69. The predicted octanol–water partition coefficient (Wildman–Crippen LogP) is 2.80. The molecule has 1 aromatic carbocycles. The molecule has 0 radical (unpaired) electrons. The van der Waals surface area contributed by atoms with E-state index in [1.165, 1.54) is 15.5 Å². The van der Waals surface area contributed by atoms with Crippen molar-refractivity contribution in [3.63, 3.8) is 0 Å². The highest BCUT2D eigenvalue weighted by Crippen LogP contribution is 2.37. The van der Waals surface area contributed by atoms with Crippen LogP contribution in [-0.4, -0.2) is 36.2 Å². The molecule has 0 spiro atoms. The van der Waals surface area contributed by atoms with Crippen molar-refractivity contribution in [2.75, 3.05) is 30.0 Å². The van der Waals surface area contributed by atoms with Gasteiger partial charge < -0.3 is 10.0 Å². The van der Waals surface area contributed by atoms with E-state index in [0.717, 1.165) is 12.3 Å². The largest absolute Gasteiger partial charge is 0.481 e. The first-order valence-corrected chi connectivity index (χ1v) is 7.69. The van der Waals surface area contributed by atoms with E-state index in [9.17, 15) is 4.79 Å². The van der Waals surface area contributed by atoms with Crippen molar-refractivity contribution in [2.24, 2.45) is 0 Å². The van der Waals surface area contributed by atoms with Gasteiger partial charge in [-0.2, -0.15) is 0 Å². The van der Waals surface area contributed by atoms with E-state index in [1.807, 2.05) is 11.8 Å². The molecule has 1 aliphatic heterocycles. The molecule has 0 saturated carbocycles. The van der Waals surface area contributed by atoms with Gasteiger partial charge in [-0.1, -0.05) is 0 Å². The molecule has 17 heavy (non-hydrogen) atoms. The standard InChI is InChI=1S/C12H15NO2S2/c1-16-9-2-3-10-11(8-9)17-7-6-13(10)5-4-12(14)15/h2-3,8H,4-7H2,1H3,(H,14,15). The van der Waals surface area contributed by atoms with Gasteiger partial charge in [0.25, 0.3) is 0 Å². The third-order valence-corrected chi connectivity index (χ3v) is 4.47. The maximum atomic E-state index is 10.6. The Hall–Kier alpha value is -0.810. The number of carboxylic acids is 1. The Morgan fingerprint density at radius 1 is 1.59 bits per heavy atom. The zero-order chi connectivity index (χ0) is 12.3. The molecule has 1 aliphatic rings. The number of thioether (sulfide) groups is 2. The summed E-state index contributed by atoms with van der Waals surface area (Å²) in [6.45, 7) is 1.53. The number of carbonyl (C=O) groups is 1. The van der Waals surface area contributed by atoms with E-state index in [4.69, 9.17) is 5.11 Å². The highest BCUT2D eigenvalue weighted by molar-refractivity contribution is 8.00. The molecule has 0 saturated heterocycles. The van der Waals surface area contributed by atoms with Crippen LogP contribution in [0, 0.1) is 0 Å². The molecule has 0 aromatic heterocycles. The van der Waals surface area contributed by atoms with Crippen molar-refractivity contribution < 1.29 is 9.90 Å². The molecule has 0 aliphatic carbocycles. The van der Waals surface area contributed by atoms with Crippen molar-refractivity contribution in [3.8, 4) is 0 Å². The predicted molar refractivity (Wildman–Crippen MR) is 73.4 cm³/mol. The summed E-state index contributed by atoms with van der Waals surface area (Å²) < 4.78 is 0. The Bertz CT molecular complexity index is 423. The summed E-state index contributed by atoms with van der Waals surface area (Å²) in [5.41, 5.74) is 1.18. The first-order valence-electron chi connectivity index (χ1n) is 5.48. The number of anilines is 1. The lowest BCUT2D eigenvalue weighted by atomic mass is 10.2. The third kappa shape index (κ3) is 3.10. The van der Waals surface area contributed by atoms with Crippen LogP contribution in [0.15, 0.2) is 28.0 Å². The monoisotopic (exact) mass is 269 g/mol. The first kappa shape index (κ1) is 12.6. The fraction of sp³-hybridized carbons (Fsp3) is 0.417. The summed E-state index contributed by atoms with van der Waals surface area (Å²) in [6, 6.07) is 6.40. The zero-order valence-electron chi connectivity index (χ0n) is 9.68. The van der Waals surface area contributed by atoms with Crippen LogP contribution >= 0.6 is 23.5 Å². The van der Waals surface area contributed by atoms with Gasteiger partial charge in [0.2, 0.25) is 0 Å². The van der Waals surface area contributed by atoms with Crippen LogP contribution in [0.3, 0.4) is 0 Å². The molecule has 3 nitrogen and oxygen atoms in total. The van der Waals surface area contributed by atoms with Gasteiger partial charge in [0.05, 0.1) is 12.1 Å². The Morgan fingerprint density at radius 2 is 2.41 bits per heavy atom. The van der Waals surface area contributed by atoms with Gasteiger partial charge in [0.15, 0.2) is 0 Å². The van der Waals surface area contributed by atoms with E-state index in [2.05, 4.69) is 29.4 Å². The summed E-state index contributed by atoms with van der Waals surface area (Å²) in [4.78, 5) is 15.3. The Balaban J connectivity index is 2.16. The zero-order valence-corrected chi connectivity index (χ0v) is 11.3. The summed E-state index contributed by atoms with van der Waals surface area (Å²) >= 11 is 3.59. The normalized spacial score (nSPS) is 14.5. The van der Waals surface area contributed by atoms with Gasteiger partial charge in [0, 0.05) is 28.6 Å². The molecule has 0 fully saturated rings. The van der Waals surface area contributed by atoms with E-state index < -0.39 is 5.97 Å². The SMILES string of the molecule is CSc1ccc2c(c1)SCCN2CCC(=O)O. The summed E-state index contributed by atoms with van der Waals surface area (Å²) in [5.74, 6) is 0.301. The number of hydrogen-bond acceptors (Lipinski definition) is 4. The van der Waals surface area contributed by atoms with Crippen molar-refractivity contribution in [3.05, 3.63) is 18.2 Å². The Morgan fingerprint density at radius 3 is 3.12 bits per heavy atom. The minimum atomic E-state index is -0.731. The molecule has 1 aromatic rings. The van der Waals surface area contributed by atoms with Gasteiger partial charge >= 0.3 is 5.97 Å². The fourth-order valence-electron chi connectivity index (χ4n) is 1.85. The second-order valence-electron chi connectivity index (χ2n) is 3.81. The van der Waals surface area contributed by atoms with E-state index >= 15 is 0 Å². The average molecular weight is 269 g/mol. The molecule has 2 rings (SSSR count). The van der Waals surface area contributed by atoms with Crippen molar-refractivity contribution in [2.45, 2.75) is 16.2 Å². The molecule has 0 atom stereocenters. The lowest BCUT2D eigenvalue weighted by Gasteiger charge is -2.30. The smallest absolute Gasteiger partial charge is 0.305 e. The van der Waals surface area contributed by atoms with Crippen molar-refractivity contribution >= 4 is 35.2 Å². The number of hydrogen-bond donors (Lipinski definition) is 1. The van der Waals surface area contributed by atoms with Crippen LogP contribution in [0.4, 0.5) is 5.69 Å².